The molecule has 1 aromatic rings. The van der Waals surface area contributed by atoms with Gasteiger partial charge in [0.05, 0.1) is 12.7 Å². The van der Waals surface area contributed by atoms with Gasteiger partial charge in [-0.1, -0.05) is 12.1 Å². The molecule has 2 aliphatic carbocycles. The molecule has 2 fully saturated rings. The van der Waals surface area contributed by atoms with Crippen LogP contribution in [0.1, 0.15) is 43.6 Å². The smallest absolute Gasteiger partial charge is 0.0642 e. The van der Waals surface area contributed by atoms with Gasteiger partial charge in [0.25, 0.3) is 0 Å². The zero-order chi connectivity index (χ0) is 11.5. The second-order valence-electron chi connectivity index (χ2n) is 5.25. The third kappa shape index (κ3) is 3.01. The number of ether oxygens (including phenoxy) is 1. The van der Waals surface area contributed by atoms with Crippen LogP contribution in [0, 0.1) is 0 Å². The van der Waals surface area contributed by atoms with Crippen molar-refractivity contribution >= 4 is 5.69 Å². The molecule has 1 N–H and O–H groups in total. The van der Waals surface area contributed by atoms with E-state index in [1.54, 1.807) is 0 Å². The number of nitrogens with one attached hydrogen (secondary N) is 1. The number of rotatable bonds is 6. The minimum absolute atomic E-state index is 0.551. The van der Waals surface area contributed by atoms with Gasteiger partial charge in [-0.25, -0.2) is 0 Å². The van der Waals surface area contributed by atoms with Gasteiger partial charge in [-0.3, -0.25) is 0 Å². The van der Waals surface area contributed by atoms with Gasteiger partial charge in [0, 0.05) is 12.2 Å². The topological polar surface area (TPSA) is 21.3 Å². The van der Waals surface area contributed by atoms with Crippen LogP contribution >= 0.6 is 0 Å². The zero-order valence-corrected chi connectivity index (χ0v) is 10.3. The summed E-state index contributed by atoms with van der Waals surface area (Å²) in [6.45, 7) is 1.75. The van der Waals surface area contributed by atoms with E-state index in [1.165, 1.54) is 43.4 Å². The third-order valence-electron chi connectivity index (χ3n) is 3.77. The van der Waals surface area contributed by atoms with E-state index in [0.717, 1.165) is 19.1 Å². The standard InChI is InChI=1S/C15H21NO/c1-3-13(12-7-8-12)11-14(4-1)16-9-10-17-15-5-2-6-15/h1,3-4,11-12,15-16H,2,5-10H2. The molecule has 0 radical (unpaired) electrons. The van der Waals surface area contributed by atoms with Crippen molar-refractivity contribution < 1.29 is 4.74 Å². The molecule has 0 spiro atoms. The highest BCUT2D eigenvalue weighted by molar-refractivity contribution is 5.47. The second kappa shape index (κ2) is 5.09. The minimum Gasteiger partial charge on any atom is -0.383 e. The van der Waals surface area contributed by atoms with Crippen LogP contribution in [0.2, 0.25) is 0 Å². The number of hydrogen-bond acceptors (Lipinski definition) is 2. The molecular weight excluding hydrogens is 210 g/mol. The van der Waals surface area contributed by atoms with Crippen LogP contribution in [0.5, 0.6) is 0 Å². The van der Waals surface area contributed by atoms with Crippen LogP contribution in [-0.2, 0) is 4.74 Å². The van der Waals surface area contributed by atoms with Crippen molar-refractivity contribution in [3.8, 4) is 0 Å². The highest BCUT2D eigenvalue weighted by Gasteiger charge is 2.23. The SMILES string of the molecule is c1cc(NCCOC2CCC2)cc(C2CC2)c1. The van der Waals surface area contributed by atoms with E-state index < -0.39 is 0 Å². The van der Waals surface area contributed by atoms with Crippen molar-refractivity contribution in [2.45, 2.75) is 44.1 Å². The molecule has 2 aliphatic rings. The molecule has 0 amide bonds. The summed E-state index contributed by atoms with van der Waals surface area (Å²) in [6, 6.07) is 8.84. The quantitative estimate of drug-likeness (QED) is 0.756. The Morgan fingerprint density at radius 2 is 2.06 bits per heavy atom. The minimum atomic E-state index is 0.551. The summed E-state index contributed by atoms with van der Waals surface area (Å²) in [4.78, 5) is 0. The Bertz CT molecular complexity index is 369. The van der Waals surface area contributed by atoms with E-state index in [2.05, 4.69) is 29.6 Å². The van der Waals surface area contributed by atoms with Crippen molar-refractivity contribution in [2.75, 3.05) is 18.5 Å². The van der Waals surface area contributed by atoms with Gasteiger partial charge in [0.2, 0.25) is 0 Å². The van der Waals surface area contributed by atoms with Crippen LogP contribution in [0.3, 0.4) is 0 Å². The predicted octanol–water partition coefficient (Wildman–Crippen LogP) is 3.55. The summed E-state index contributed by atoms with van der Waals surface area (Å²) in [5, 5.41) is 3.45. The lowest BCUT2D eigenvalue weighted by Gasteiger charge is -2.25. The van der Waals surface area contributed by atoms with Gasteiger partial charge in [-0.05, 0) is 55.7 Å². The van der Waals surface area contributed by atoms with Crippen molar-refractivity contribution in [3.63, 3.8) is 0 Å². The average Bonchev–Trinajstić information content (AvgIpc) is 3.10. The molecule has 0 aliphatic heterocycles. The van der Waals surface area contributed by atoms with Crippen LogP contribution in [-0.4, -0.2) is 19.3 Å². The Morgan fingerprint density at radius 1 is 1.18 bits per heavy atom. The molecule has 0 atom stereocenters. The lowest BCUT2D eigenvalue weighted by Crippen LogP contribution is -2.24. The lowest BCUT2D eigenvalue weighted by molar-refractivity contribution is 0.00812. The van der Waals surface area contributed by atoms with E-state index in [9.17, 15) is 0 Å². The lowest BCUT2D eigenvalue weighted by atomic mass is 9.96. The number of anilines is 1. The molecule has 0 heterocycles. The Balaban J connectivity index is 1.42. The molecule has 1 aromatic carbocycles. The molecule has 92 valence electrons. The van der Waals surface area contributed by atoms with Crippen LogP contribution in [0.25, 0.3) is 0 Å². The van der Waals surface area contributed by atoms with Gasteiger partial charge >= 0.3 is 0 Å². The van der Waals surface area contributed by atoms with Crippen LogP contribution in [0.4, 0.5) is 5.69 Å². The molecule has 0 bridgehead atoms. The molecule has 0 saturated heterocycles. The molecule has 2 nitrogen and oxygen atoms in total. The fourth-order valence-corrected chi connectivity index (χ4v) is 2.28. The van der Waals surface area contributed by atoms with E-state index in [4.69, 9.17) is 4.74 Å². The molecule has 0 unspecified atom stereocenters. The highest BCUT2D eigenvalue weighted by atomic mass is 16.5. The number of benzene rings is 1. The first-order chi connectivity index (χ1) is 8.42. The Morgan fingerprint density at radius 3 is 2.76 bits per heavy atom. The molecule has 17 heavy (non-hydrogen) atoms. The maximum atomic E-state index is 5.73. The zero-order valence-electron chi connectivity index (χ0n) is 10.3. The largest absolute Gasteiger partial charge is 0.383 e. The molecule has 0 aromatic heterocycles. The fourth-order valence-electron chi connectivity index (χ4n) is 2.28. The van der Waals surface area contributed by atoms with Gasteiger partial charge in [0.1, 0.15) is 0 Å². The highest BCUT2D eigenvalue weighted by Crippen LogP contribution is 2.40. The van der Waals surface area contributed by atoms with Crippen molar-refractivity contribution in [1.82, 2.24) is 0 Å². The molecule has 2 saturated carbocycles. The Hall–Kier alpha value is -1.02. The normalized spacial score (nSPS) is 20.0. The monoisotopic (exact) mass is 231 g/mol. The second-order valence-corrected chi connectivity index (χ2v) is 5.25. The van der Waals surface area contributed by atoms with E-state index in [0.29, 0.717) is 6.10 Å². The summed E-state index contributed by atoms with van der Waals surface area (Å²) in [5.74, 6) is 0.836. The van der Waals surface area contributed by atoms with E-state index >= 15 is 0 Å². The number of hydrogen-bond donors (Lipinski definition) is 1. The summed E-state index contributed by atoms with van der Waals surface area (Å²) >= 11 is 0. The maximum absolute atomic E-state index is 5.73. The first-order valence-electron chi connectivity index (χ1n) is 6.87. The van der Waals surface area contributed by atoms with Gasteiger partial charge < -0.3 is 10.1 Å². The summed E-state index contributed by atoms with van der Waals surface area (Å²) < 4.78 is 5.73. The Labute approximate surface area is 103 Å². The van der Waals surface area contributed by atoms with Crippen LogP contribution in [0.15, 0.2) is 24.3 Å². The molecule has 2 heteroatoms. The first-order valence-corrected chi connectivity index (χ1v) is 6.87. The van der Waals surface area contributed by atoms with Gasteiger partial charge in [-0.2, -0.15) is 0 Å². The van der Waals surface area contributed by atoms with Gasteiger partial charge in [0.15, 0.2) is 0 Å². The third-order valence-corrected chi connectivity index (χ3v) is 3.77. The van der Waals surface area contributed by atoms with E-state index in [-0.39, 0.29) is 0 Å². The van der Waals surface area contributed by atoms with Crippen molar-refractivity contribution in [1.29, 1.82) is 0 Å². The summed E-state index contributed by atoms with van der Waals surface area (Å²) in [7, 11) is 0. The molecular formula is C15H21NO. The fraction of sp³-hybridized carbons (Fsp3) is 0.600. The maximum Gasteiger partial charge on any atom is 0.0642 e. The molecule has 3 rings (SSSR count). The predicted molar refractivity (Wildman–Crippen MR) is 70.5 cm³/mol. The van der Waals surface area contributed by atoms with Crippen LogP contribution < -0.4 is 5.32 Å². The summed E-state index contributed by atoms with van der Waals surface area (Å²) in [5.41, 5.74) is 2.74. The summed E-state index contributed by atoms with van der Waals surface area (Å²) in [6.07, 6.45) is 7.16. The van der Waals surface area contributed by atoms with Crippen molar-refractivity contribution in [2.24, 2.45) is 0 Å². The van der Waals surface area contributed by atoms with Crippen molar-refractivity contribution in [3.05, 3.63) is 29.8 Å². The first kappa shape index (κ1) is 11.1. The van der Waals surface area contributed by atoms with Gasteiger partial charge in [-0.15, -0.1) is 0 Å². The Kier molecular flexibility index (Phi) is 3.32. The van der Waals surface area contributed by atoms with E-state index in [1.807, 2.05) is 0 Å². The average molecular weight is 231 g/mol.